The zero-order valence-corrected chi connectivity index (χ0v) is 17.0. The Labute approximate surface area is 168 Å². The maximum Gasteiger partial charge on any atom is 0.137 e. The van der Waals surface area contributed by atoms with Gasteiger partial charge in [-0.05, 0) is 36.6 Å². The lowest BCUT2D eigenvalue weighted by Crippen LogP contribution is -2.46. The van der Waals surface area contributed by atoms with Crippen molar-refractivity contribution in [2.45, 2.75) is 20.3 Å². The molecular formula is C24H30N4. The maximum absolute atomic E-state index is 5.12. The number of pyridine rings is 1. The molecule has 0 unspecified atom stereocenters. The van der Waals surface area contributed by atoms with Crippen molar-refractivity contribution in [3.8, 4) is 11.3 Å². The maximum atomic E-state index is 5.12. The third kappa shape index (κ3) is 3.97. The minimum Gasteiger partial charge on any atom is -0.385 e. The van der Waals surface area contributed by atoms with E-state index in [0.717, 1.165) is 57.2 Å². The average molecular weight is 375 g/mol. The van der Waals surface area contributed by atoms with Gasteiger partial charge in [-0.3, -0.25) is 0 Å². The third-order valence-electron chi connectivity index (χ3n) is 5.60. The molecule has 4 rings (SSSR count). The van der Waals surface area contributed by atoms with Gasteiger partial charge in [0, 0.05) is 49.4 Å². The summed E-state index contributed by atoms with van der Waals surface area (Å²) in [6.07, 6.45) is 1.13. The standard InChI is InChI=1S/C24H30N4/c1-3-13-25-21-11-9-19(10-12-21)23-18-20-7-5-6-8-22(20)24(26-23)28-16-14-27(4-2)15-17-28/h5-12,18,25H,3-4,13-17H2,1-2H3. The zero-order valence-electron chi connectivity index (χ0n) is 17.0. The molecule has 1 saturated heterocycles. The first-order valence-corrected chi connectivity index (χ1v) is 10.5. The predicted octanol–water partition coefficient (Wildman–Crippen LogP) is 4.87. The van der Waals surface area contributed by atoms with Crippen LogP contribution in [0.1, 0.15) is 20.3 Å². The Kier molecular flexibility index (Phi) is 5.77. The highest BCUT2D eigenvalue weighted by Crippen LogP contribution is 2.31. The Balaban J connectivity index is 1.68. The highest BCUT2D eigenvalue weighted by molar-refractivity contribution is 5.95. The van der Waals surface area contributed by atoms with Crippen molar-refractivity contribution in [2.75, 3.05) is 49.5 Å². The van der Waals surface area contributed by atoms with Crippen molar-refractivity contribution < 1.29 is 0 Å². The van der Waals surface area contributed by atoms with Gasteiger partial charge in [0.25, 0.3) is 0 Å². The molecule has 0 amide bonds. The normalized spacial score (nSPS) is 15.1. The lowest BCUT2D eigenvalue weighted by atomic mass is 10.1. The molecule has 2 heterocycles. The second kappa shape index (κ2) is 8.61. The minimum absolute atomic E-state index is 1.00. The van der Waals surface area contributed by atoms with Gasteiger partial charge in [0.05, 0.1) is 5.69 Å². The molecule has 1 N–H and O–H groups in total. The summed E-state index contributed by atoms with van der Waals surface area (Å²) in [6.45, 7) is 10.8. The van der Waals surface area contributed by atoms with Gasteiger partial charge < -0.3 is 15.1 Å². The number of nitrogens with one attached hydrogen (secondary N) is 1. The second-order valence-electron chi connectivity index (χ2n) is 7.48. The van der Waals surface area contributed by atoms with Gasteiger partial charge in [-0.2, -0.15) is 0 Å². The number of hydrogen-bond donors (Lipinski definition) is 1. The summed E-state index contributed by atoms with van der Waals surface area (Å²) in [5, 5.41) is 5.95. The van der Waals surface area contributed by atoms with Crippen LogP contribution in [0, 0.1) is 0 Å². The Morgan fingerprint density at radius 3 is 2.39 bits per heavy atom. The summed E-state index contributed by atoms with van der Waals surface area (Å²) in [7, 11) is 0. The van der Waals surface area contributed by atoms with Gasteiger partial charge in [-0.1, -0.05) is 50.2 Å². The quantitative estimate of drug-likeness (QED) is 0.667. The van der Waals surface area contributed by atoms with Crippen LogP contribution in [0.25, 0.3) is 22.0 Å². The van der Waals surface area contributed by atoms with Crippen molar-refractivity contribution >= 4 is 22.3 Å². The summed E-state index contributed by atoms with van der Waals surface area (Å²) in [5.41, 5.74) is 3.39. The summed E-state index contributed by atoms with van der Waals surface area (Å²) in [4.78, 5) is 10.1. The molecule has 1 aliphatic heterocycles. The highest BCUT2D eigenvalue weighted by Gasteiger charge is 2.19. The fourth-order valence-corrected chi connectivity index (χ4v) is 3.87. The van der Waals surface area contributed by atoms with Crippen LogP contribution in [0.2, 0.25) is 0 Å². The van der Waals surface area contributed by atoms with Crippen LogP contribution in [0.15, 0.2) is 54.6 Å². The number of likely N-dealkylation sites (N-methyl/N-ethyl adjacent to an activating group) is 1. The van der Waals surface area contributed by atoms with E-state index in [1.165, 1.54) is 22.0 Å². The molecule has 1 fully saturated rings. The molecule has 1 aliphatic rings. The molecule has 0 spiro atoms. The van der Waals surface area contributed by atoms with Crippen molar-refractivity contribution in [3.63, 3.8) is 0 Å². The van der Waals surface area contributed by atoms with Crippen LogP contribution in [0.3, 0.4) is 0 Å². The first kappa shape index (κ1) is 18.8. The summed E-state index contributed by atoms with van der Waals surface area (Å²) < 4.78 is 0. The van der Waals surface area contributed by atoms with Crippen molar-refractivity contribution in [3.05, 3.63) is 54.6 Å². The van der Waals surface area contributed by atoms with E-state index in [2.05, 4.69) is 83.6 Å². The number of nitrogens with zero attached hydrogens (tertiary/aromatic N) is 3. The van der Waals surface area contributed by atoms with Gasteiger partial charge in [0.2, 0.25) is 0 Å². The number of piperazine rings is 1. The Morgan fingerprint density at radius 1 is 0.929 bits per heavy atom. The van der Waals surface area contributed by atoms with Crippen molar-refractivity contribution in [2.24, 2.45) is 0 Å². The van der Waals surface area contributed by atoms with E-state index >= 15 is 0 Å². The largest absolute Gasteiger partial charge is 0.385 e. The van der Waals surface area contributed by atoms with E-state index in [1.807, 2.05) is 0 Å². The monoisotopic (exact) mass is 374 g/mol. The molecule has 0 radical (unpaired) electrons. The predicted molar refractivity (Wildman–Crippen MR) is 120 cm³/mol. The van der Waals surface area contributed by atoms with E-state index in [0.29, 0.717) is 0 Å². The first-order chi connectivity index (χ1) is 13.8. The van der Waals surface area contributed by atoms with Gasteiger partial charge in [0.15, 0.2) is 0 Å². The number of benzene rings is 2. The van der Waals surface area contributed by atoms with Crippen LogP contribution < -0.4 is 10.2 Å². The van der Waals surface area contributed by atoms with E-state index in [-0.39, 0.29) is 0 Å². The Hall–Kier alpha value is -2.59. The molecule has 2 aromatic carbocycles. The van der Waals surface area contributed by atoms with E-state index < -0.39 is 0 Å². The lowest BCUT2D eigenvalue weighted by molar-refractivity contribution is 0.271. The number of aromatic nitrogens is 1. The smallest absolute Gasteiger partial charge is 0.137 e. The molecular weight excluding hydrogens is 344 g/mol. The van der Waals surface area contributed by atoms with Crippen LogP contribution in [-0.2, 0) is 0 Å². The number of hydrogen-bond acceptors (Lipinski definition) is 4. The summed E-state index contributed by atoms with van der Waals surface area (Å²) >= 11 is 0. The molecule has 0 aliphatic carbocycles. The molecule has 0 atom stereocenters. The number of fused-ring (bicyclic) bond motifs is 1. The van der Waals surface area contributed by atoms with Crippen LogP contribution >= 0.6 is 0 Å². The minimum atomic E-state index is 1.00. The fraction of sp³-hybridized carbons (Fsp3) is 0.375. The Bertz CT molecular complexity index is 912. The van der Waals surface area contributed by atoms with Gasteiger partial charge in [0.1, 0.15) is 5.82 Å². The van der Waals surface area contributed by atoms with Gasteiger partial charge in [-0.15, -0.1) is 0 Å². The molecule has 3 aromatic rings. The Morgan fingerprint density at radius 2 is 1.68 bits per heavy atom. The molecule has 4 nitrogen and oxygen atoms in total. The first-order valence-electron chi connectivity index (χ1n) is 10.5. The zero-order chi connectivity index (χ0) is 19.3. The van der Waals surface area contributed by atoms with Crippen LogP contribution in [-0.4, -0.2) is 49.2 Å². The van der Waals surface area contributed by atoms with Crippen LogP contribution in [0.4, 0.5) is 11.5 Å². The molecule has 146 valence electrons. The topological polar surface area (TPSA) is 31.4 Å². The van der Waals surface area contributed by atoms with Crippen molar-refractivity contribution in [1.82, 2.24) is 9.88 Å². The SMILES string of the molecule is CCCNc1ccc(-c2cc3ccccc3c(N3CCN(CC)CC3)n2)cc1. The number of anilines is 2. The van der Waals surface area contributed by atoms with Crippen LogP contribution in [0.5, 0.6) is 0 Å². The van der Waals surface area contributed by atoms with E-state index in [4.69, 9.17) is 4.98 Å². The van der Waals surface area contributed by atoms with E-state index in [1.54, 1.807) is 0 Å². The summed E-state index contributed by atoms with van der Waals surface area (Å²) in [5.74, 6) is 1.12. The molecule has 28 heavy (non-hydrogen) atoms. The average Bonchev–Trinajstić information content (AvgIpc) is 2.77. The highest BCUT2D eigenvalue weighted by atomic mass is 15.3. The second-order valence-corrected chi connectivity index (χ2v) is 7.48. The van der Waals surface area contributed by atoms with E-state index in [9.17, 15) is 0 Å². The van der Waals surface area contributed by atoms with Gasteiger partial charge >= 0.3 is 0 Å². The number of rotatable bonds is 6. The molecule has 0 bridgehead atoms. The third-order valence-corrected chi connectivity index (χ3v) is 5.60. The van der Waals surface area contributed by atoms with Gasteiger partial charge in [-0.25, -0.2) is 4.98 Å². The van der Waals surface area contributed by atoms with Crippen molar-refractivity contribution in [1.29, 1.82) is 0 Å². The lowest BCUT2D eigenvalue weighted by Gasteiger charge is -2.35. The molecule has 1 aromatic heterocycles. The molecule has 4 heteroatoms. The summed E-state index contributed by atoms with van der Waals surface area (Å²) in [6, 6.07) is 19.5. The fourth-order valence-electron chi connectivity index (χ4n) is 3.87. The molecule has 0 saturated carbocycles.